The van der Waals surface area contributed by atoms with Crippen molar-refractivity contribution in [2.75, 3.05) is 58.3 Å². The first-order chi connectivity index (χ1) is 15.1. The quantitative estimate of drug-likeness (QED) is 0.520. The fraction of sp³-hybridized carbons (Fsp3) is 0.500. The molecule has 0 saturated carbocycles. The number of rotatable bonds is 8. The van der Waals surface area contributed by atoms with Crippen molar-refractivity contribution in [1.29, 1.82) is 0 Å². The van der Waals surface area contributed by atoms with E-state index in [1.54, 1.807) is 0 Å². The Bertz CT molecular complexity index is 830. The smallest absolute Gasteiger partial charge is 0.194 e. The van der Waals surface area contributed by atoms with Gasteiger partial charge in [0.2, 0.25) is 0 Å². The molecule has 1 aliphatic heterocycles. The third kappa shape index (κ3) is 6.85. The minimum Gasteiger partial charge on any atom is -0.494 e. The minimum atomic E-state index is 0.624. The van der Waals surface area contributed by atoms with Crippen LogP contribution in [0.5, 0.6) is 5.75 Å². The van der Waals surface area contributed by atoms with Crippen molar-refractivity contribution in [2.45, 2.75) is 26.9 Å². The number of aromatic nitrogens is 1. The van der Waals surface area contributed by atoms with E-state index in [9.17, 15) is 0 Å². The number of anilines is 1. The van der Waals surface area contributed by atoms with Crippen LogP contribution >= 0.6 is 0 Å². The summed E-state index contributed by atoms with van der Waals surface area (Å²) < 4.78 is 5.54. The van der Waals surface area contributed by atoms with Gasteiger partial charge in [0.05, 0.1) is 13.2 Å². The Hall–Kier alpha value is -2.80. The lowest BCUT2D eigenvalue weighted by Crippen LogP contribution is -2.44. The molecule has 0 spiro atoms. The van der Waals surface area contributed by atoms with Gasteiger partial charge in [-0.2, -0.15) is 0 Å². The van der Waals surface area contributed by atoms with Crippen molar-refractivity contribution in [3.8, 4) is 5.75 Å². The number of nitrogens with zero attached hydrogens (tertiary/aromatic N) is 5. The van der Waals surface area contributed by atoms with Gasteiger partial charge in [0.25, 0.3) is 0 Å². The second kappa shape index (κ2) is 11.6. The molecular formula is C24H36N6O. The van der Waals surface area contributed by atoms with Crippen LogP contribution in [0.25, 0.3) is 0 Å². The second-order valence-corrected chi connectivity index (χ2v) is 7.92. The Morgan fingerprint density at radius 1 is 1.10 bits per heavy atom. The number of hydrogen-bond acceptors (Lipinski definition) is 5. The molecule has 2 heterocycles. The van der Waals surface area contributed by atoms with Crippen molar-refractivity contribution >= 4 is 11.8 Å². The van der Waals surface area contributed by atoms with Gasteiger partial charge in [-0.3, -0.25) is 0 Å². The van der Waals surface area contributed by atoms with Gasteiger partial charge in [0.15, 0.2) is 5.96 Å². The van der Waals surface area contributed by atoms with E-state index in [2.05, 4.69) is 70.3 Å². The molecule has 0 bridgehead atoms. The van der Waals surface area contributed by atoms with Gasteiger partial charge in [0.1, 0.15) is 11.6 Å². The highest BCUT2D eigenvalue weighted by Crippen LogP contribution is 2.16. The molecule has 31 heavy (non-hydrogen) atoms. The highest BCUT2D eigenvalue weighted by molar-refractivity contribution is 5.79. The molecule has 1 aromatic heterocycles. The SMILES string of the molecule is CCNC(=NCc1ccnc(N2CCN(C)CC2)c1)N(C)Cc1ccc(OCC)cc1. The van der Waals surface area contributed by atoms with Crippen molar-refractivity contribution in [2.24, 2.45) is 4.99 Å². The number of benzene rings is 1. The highest BCUT2D eigenvalue weighted by Gasteiger charge is 2.15. The van der Waals surface area contributed by atoms with Crippen LogP contribution in [0.2, 0.25) is 0 Å². The summed E-state index contributed by atoms with van der Waals surface area (Å²) in [4.78, 5) is 16.3. The second-order valence-electron chi connectivity index (χ2n) is 7.92. The first-order valence-electron chi connectivity index (χ1n) is 11.2. The van der Waals surface area contributed by atoms with Crippen LogP contribution in [0.3, 0.4) is 0 Å². The Labute approximate surface area is 186 Å². The molecule has 1 aromatic carbocycles. The van der Waals surface area contributed by atoms with Gasteiger partial charge in [0, 0.05) is 52.5 Å². The molecule has 1 saturated heterocycles. The average molecular weight is 425 g/mol. The average Bonchev–Trinajstić information content (AvgIpc) is 2.79. The number of likely N-dealkylation sites (N-methyl/N-ethyl adjacent to an activating group) is 1. The predicted octanol–water partition coefficient (Wildman–Crippen LogP) is 2.83. The summed E-state index contributed by atoms with van der Waals surface area (Å²) in [5.74, 6) is 2.85. The number of ether oxygens (including phenoxy) is 1. The van der Waals surface area contributed by atoms with E-state index in [-0.39, 0.29) is 0 Å². The number of aliphatic imine (C=N–C) groups is 1. The van der Waals surface area contributed by atoms with Gasteiger partial charge in [-0.25, -0.2) is 9.98 Å². The Balaban J connectivity index is 1.64. The van der Waals surface area contributed by atoms with Gasteiger partial charge in [-0.1, -0.05) is 12.1 Å². The summed E-state index contributed by atoms with van der Waals surface area (Å²) in [7, 11) is 4.24. The van der Waals surface area contributed by atoms with Crippen LogP contribution in [0.15, 0.2) is 47.6 Å². The summed E-state index contributed by atoms with van der Waals surface area (Å²) in [6, 6.07) is 12.5. The van der Waals surface area contributed by atoms with Crippen LogP contribution in [0.4, 0.5) is 5.82 Å². The van der Waals surface area contributed by atoms with Crippen molar-refractivity contribution in [1.82, 2.24) is 20.1 Å². The van der Waals surface area contributed by atoms with E-state index in [1.165, 1.54) is 11.1 Å². The van der Waals surface area contributed by atoms with E-state index >= 15 is 0 Å². The molecule has 7 nitrogen and oxygen atoms in total. The molecule has 1 aliphatic rings. The molecule has 0 aliphatic carbocycles. The van der Waals surface area contributed by atoms with E-state index in [4.69, 9.17) is 9.73 Å². The molecule has 0 amide bonds. The Kier molecular flexibility index (Phi) is 8.53. The Morgan fingerprint density at radius 3 is 2.52 bits per heavy atom. The van der Waals surface area contributed by atoms with Gasteiger partial charge in [-0.15, -0.1) is 0 Å². The number of nitrogens with one attached hydrogen (secondary N) is 1. The first kappa shape index (κ1) is 22.9. The summed E-state index contributed by atoms with van der Waals surface area (Å²) in [6.07, 6.45) is 1.90. The maximum Gasteiger partial charge on any atom is 0.194 e. The Morgan fingerprint density at radius 2 is 1.84 bits per heavy atom. The van der Waals surface area contributed by atoms with Crippen molar-refractivity contribution in [3.63, 3.8) is 0 Å². The number of piperazine rings is 1. The largest absolute Gasteiger partial charge is 0.494 e. The fourth-order valence-electron chi connectivity index (χ4n) is 3.61. The molecule has 7 heteroatoms. The summed E-state index contributed by atoms with van der Waals surface area (Å²) in [5.41, 5.74) is 2.40. The normalized spacial score (nSPS) is 15.1. The lowest BCUT2D eigenvalue weighted by molar-refractivity contribution is 0.312. The highest BCUT2D eigenvalue weighted by atomic mass is 16.5. The number of pyridine rings is 1. The van der Waals surface area contributed by atoms with E-state index < -0.39 is 0 Å². The van der Waals surface area contributed by atoms with Crippen molar-refractivity contribution < 1.29 is 4.74 Å². The fourth-order valence-corrected chi connectivity index (χ4v) is 3.61. The molecule has 168 valence electrons. The van der Waals surface area contributed by atoms with Crippen LogP contribution in [0.1, 0.15) is 25.0 Å². The zero-order valence-electron chi connectivity index (χ0n) is 19.3. The minimum absolute atomic E-state index is 0.624. The van der Waals surface area contributed by atoms with Gasteiger partial charge >= 0.3 is 0 Å². The maximum absolute atomic E-state index is 5.54. The first-order valence-corrected chi connectivity index (χ1v) is 11.2. The standard InChI is InChI=1S/C24H36N6O/c1-5-25-24(29(4)19-20-7-9-22(10-8-20)31-6-2)27-18-21-11-12-26-23(17-21)30-15-13-28(3)14-16-30/h7-12,17H,5-6,13-16,18-19H2,1-4H3,(H,25,27). The molecule has 0 unspecified atom stereocenters. The maximum atomic E-state index is 5.54. The molecule has 1 fully saturated rings. The van der Waals surface area contributed by atoms with Crippen LogP contribution in [0, 0.1) is 0 Å². The van der Waals surface area contributed by atoms with Crippen molar-refractivity contribution in [3.05, 3.63) is 53.7 Å². The predicted molar refractivity (Wildman–Crippen MR) is 128 cm³/mol. The summed E-state index contributed by atoms with van der Waals surface area (Å²) >= 11 is 0. The monoisotopic (exact) mass is 424 g/mol. The number of hydrogen-bond donors (Lipinski definition) is 1. The third-order valence-electron chi connectivity index (χ3n) is 5.40. The summed E-state index contributed by atoms with van der Waals surface area (Å²) in [5, 5.41) is 3.41. The van der Waals surface area contributed by atoms with E-state index in [0.717, 1.165) is 56.8 Å². The zero-order chi connectivity index (χ0) is 22.1. The molecule has 2 aromatic rings. The molecule has 3 rings (SSSR count). The molecule has 1 N–H and O–H groups in total. The van der Waals surface area contributed by atoms with Gasteiger partial charge < -0.3 is 24.8 Å². The zero-order valence-corrected chi connectivity index (χ0v) is 19.3. The molecule has 0 radical (unpaired) electrons. The molecular weight excluding hydrogens is 388 g/mol. The third-order valence-corrected chi connectivity index (χ3v) is 5.40. The van der Waals surface area contributed by atoms with E-state index in [0.29, 0.717) is 13.2 Å². The van der Waals surface area contributed by atoms with Crippen LogP contribution < -0.4 is 15.0 Å². The van der Waals surface area contributed by atoms with Crippen LogP contribution in [-0.2, 0) is 13.1 Å². The lowest BCUT2D eigenvalue weighted by atomic mass is 10.2. The summed E-state index contributed by atoms with van der Waals surface area (Å²) in [6.45, 7) is 11.2. The van der Waals surface area contributed by atoms with Crippen LogP contribution in [-0.4, -0.2) is 74.2 Å². The number of guanidine groups is 1. The topological polar surface area (TPSA) is 56.2 Å². The van der Waals surface area contributed by atoms with E-state index in [1.807, 2.05) is 25.3 Å². The van der Waals surface area contributed by atoms with Gasteiger partial charge in [-0.05, 0) is 56.3 Å². The lowest BCUT2D eigenvalue weighted by Gasteiger charge is -2.33. The molecule has 0 atom stereocenters.